The van der Waals surface area contributed by atoms with Crippen molar-refractivity contribution in [3.05, 3.63) is 121 Å². The number of benzene rings is 6. The van der Waals surface area contributed by atoms with E-state index in [-0.39, 0.29) is 44.0 Å². The first kappa shape index (κ1) is 8.69. The molecule has 8 aromatic rings. The molecule has 0 saturated carbocycles. The molecule has 168 valence electrons. The first-order valence-corrected chi connectivity index (χ1v) is 10.6. The van der Waals surface area contributed by atoms with Gasteiger partial charge in [-0.1, -0.05) is 96.7 Å². The lowest BCUT2D eigenvalue weighted by Crippen LogP contribution is -1.91. The minimum absolute atomic E-state index is 0.0588. The molecule has 0 radical (unpaired) electrons. The van der Waals surface area contributed by atoms with Crippen LogP contribution in [-0.4, -0.2) is 0 Å². The molecule has 0 aliphatic heterocycles. The van der Waals surface area contributed by atoms with E-state index in [0.717, 1.165) is 0 Å². The highest BCUT2D eigenvalue weighted by molar-refractivity contribution is 6.26. The summed E-state index contributed by atoms with van der Waals surface area (Å²) in [5.74, 6) is 0. The largest absolute Gasteiger partial charge is 0.464 e. The van der Waals surface area contributed by atoms with Crippen LogP contribution in [0.1, 0.15) is 26.0 Å². The third-order valence-electron chi connectivity index (χ3n) is 6.08. The van der Waals surface area contributed by atoms with Gasteiger partial charge in [0.15, 0.2) is 0 Å². The number of rotatable bonds is 2. The molecule has 0 N–H and O–H groups in total. The first-order valence-electron chi connectivity index (χ1n) is 20.1. The average Bonchev–Trinajstić information content (AvgIpc) is 3.69. The topological polar surface area (TPSA) is 26.3 Å². The molecule has 0 bridgehead atoms. The second kappa shape index (κ2) is 7.34. The van der Waals surface area contributed by atoms with Crippen LogP contribution in [0.5, 0.6) is 0 Å². The van der Waals surface area contributed by atoms with E-state index in [2.05, 4.69) is 0 Å². The molecular formula is C34H20O2. The summed E-state index contributed by atoms with van der Waals surface area (Å²) in [6.45, 7) is 0. The molecule has 0 aliphatic carbocycles. The Morgan fingerprint density at radius 1 is 0.472 bits per heavy atom. The van der Waals surface area contributed by atoms with Crippen LogP contribution in [0.2, 0.25) is 0 Å². The third-order valence-corrected chi connectivity index (χ3v) is 6.08. The molecule has 0 amide bonds. The zero-order valence-electron chi connectivity index (χ0n) is 36.9. The fourth-order valence-corrected chi connectivity index (χ4v) is 4.66. The molecule has 0 spiro atoms. The highest BCUT2D eigenvalue weighted by atomic mass is 16.3. The zero-order valence-corrected chi connectivity index (χ0v) is 17.9. The SMILES string of the molecule is [2H]c1oc2c(-c3c4c([2H])c([2H])c([2H])c([2H])c4c(-c4c([2H])c([2H])c([2H])c([2H])c4[2H])c4c([2H])c([2H])c([2H])c([2H])c34)cc3c(oc4c([2H])c([2H])c([2H])c([2H])c43)c2c1[2H]. The number of fused-ring (bicyclic) bond motifs is 7. The van der Waals surface area contributed by atoms with Gasteiger partial charge in [-0.05, 0) is 50.8 Å². The molecule has 0 unspecified atom stereocenters. The van der Waals surface area contributed by atoms with E-state index in [0.29, 0.717) is 0 Å². The Balaban J connectivity index is 1.78. The van der Waals surface area contributed by atoms with E-state index < -0.39 is 148 Å². The van der Waals surface area contributed by atoms with E-state index in [1.807, 2.05) is 0 Å². The number of hydrogen-bond donors (Lipinski definition) is 0. The highest BCUT2D eigenvalue weighted by Gasteiger charge is 2.22. The van der Waals surface area contributed by atoms with Gasteiger partial charge < -0.3 is 8.83 Å². The predicted molar refractivity (Wildman–Crippen MR) is 149 cm³/mol. The van der Waals surface area contributed by atoms with Gasteiger partial charge in [-0.3, -0.25) is 0 Å². The standard InChI is InChI=1S/C34H20O2/c1-2-10-21(11-3-1)31-23-13-4-6-15-25(23)32(26-16-7-5-14-24(26)31)29-20-28-22-12-8-9-17-30(22)36-34(28)27-18-19-35-33(27)29/h1-20H/i1D,2D,3D,4D,5D,6D,7D,8D,9D,10D,11D,12D,13D,14D,15D,16D,17D,18D,19D. The summed E-state index contributed by atoms with van der Waals surface area (Å²) in [6, 6.07) is -12.2. The molecule has 2 heterocycles. The minimum atomic E-state index is -0.826. The molecule has 2 aromatic heterocycles. The molecule has 2 nitrogen and oxygen atoms in total. The van der Waals surface area contributed by atoms with E-state index in [4.69, 9.17) is 32.1 Å². The fourth-order valence-electron chi connectivity index (χ4n) is 4.66. The van der Waals surface area contributed by atoms with Crippen LogP contribution in [-0.2, 0) is 0 Å². The molecule has 0 saturated heterocycles. The third kappa shape index (κ3) is 2.61. The van der Waals surface area contributed by atoms with Gasteiger partial charge in [0.05, 0.1) is 36.3 Å². The number of furan rings is 2. The summed E-state index contributed by atoms with van der Waals surface area (Å²) < 4.78 is 177. The first-order chi connectivity index (χ1) is 25.8. The van der Waals surface area contributed by atoms with Crippen molar-refractivity contribution in [1.82, 2.24) is 0 Å². The van der Waals surface area contributed by atoms with Crippen molar-refractivity contribution in [2.45, 2.75) is 0 Å². The van der Waals surface area contributed by atoms with Crippen molar-refractivity contribution in [1.29, 1.82) is 0 Å². The van der Waals surface area contributed by atoms with Gasteiger partial charge in [0.1, 0.15) is 18.1 Å². The Hall–Kier alpha value is -4.82. The Bertz CT molecular complexity index is 3030. The second-order valence-electron chi connectivity index (χ2n) is 7.89. The van der Waals surface area contributed by atoms with Crippen molar-refractivity contribution in [3.8, 4) is 22.3 Å². The molecule has 6 aromatic carbocycles. The minimum Gasteiger partial charge on any atom is -0.464 e. The molecule has 0 fully saturated rings. The summed E-state index contributed by atoms with van der Waals surface area (Å²) >= 11 is 0. The summed E-state index contributed by atoms with van der Waals surface area (Å²) in [5, 5.41) is -2.34. The predicted octanol–water partition coefficient (Wildman–Crippen LogP) is 9.97. The Kier molecular flexibility index (Phi) is 1.77. The van der Waals surface area contributed by atoms with Crippen molar-refractivity contribution in [2.75, 3.05) is 0 Å². The Labute approximate surface area is 233 Å². The average molecular weight is 480 g/mol. The lowest BCUT2D eigenvalue weighted by atomic mass is 9.85. The summed E-state index contributed by atoms with van der Waals surface area (Å²) in [5.41, 5.74) is -2.55. The Morgan fingerprint density at radius 3 is 1.75 bits per heavy atom. The van der Waals surface area contributed by atoms with Crippen LogP contribution in [0.15, 0.2) is 130 Å². The van der Waals surface area contributed by atoms with Crippen molar-refractivity contribution in [2.24, 2.45) is 0 Å². The van der Waals surface area contributed by atoms with Gasteiger partial charge in [-0.2, -0.15) is 0 Å². The van der Waals surface area contributed by atoms with Crippen LogP contribution in [0.4, 0.5) is 0 Å². The number of para-hydroxylation sites is 1. The van der Waals surface area contributed by atoms with Gasteiger partial charge in [0.25, 0.3) is 0 Å². The van der Waals surface area contributed by atoms with Gasteiger partial charge >= 0.3 is 0 Å². The van der Waals surface area contributed by atoms with E-state index in [1.54, 1.807) is 0 Å². The van der Waals surface area contributed by atoms with Gasteiger partial charge in [-0.15, -0.1) is 0 Å². The molecule has 8 rings (SSSR count). The molecule has 0 atom stereocenters. The van der Waals surface area contributed by atoms with Crippen LogP contribution in [0.3, 0.4) is 0 Å². The molecule has 36 heavy (non-hydrogen) atoms. The summed E-state index contributed by atoms with van der Waals surface area (Å²) in [7, 11) is 0. The van der Waals surface area contributed by atoms with Crippen molar-refractivity contribution >= 4 is 54.5 Å². The maximum Gasteiger partial charge on any atom is 0.146 e. The van der Waals surface area contributed by atoms with Crippen LogP contribution >= 0.6 is 0 Å². The number of hydrogen-bond acceptors (Lipinski definition) is 2. The second-order valence-corrected chi connectivity index (χ2v) is 7.89. The summed E-state index contributed by atoms with van der Waals surface area (Å²) in [4.78, 5) is 0. The monoisotopic (exact) mass is 479 g/mol. The van der Waals surface area contributed by atoms with Gasteiger partial charge in [0, 0.05) is 21.9 Å². The Morgan fingerprint density at radius 2 is 1.06 bits per heavy atom. The quantitative estimate of drug-likeness (QED) is 0.231. The van der Waals surface area contributed by atoms with E-state index >= 15 is 0 Å². The van der Waals surface area contributed by atoms with Crippen molar-refractivity contribution < 1.29 is 34.9 Å². The van der Waals surface area contributed by atoms with Crippen LogP contribution < -0.4 is 0 Å². The highest BCUT2D eigenvalue weighted by Crippen LogP contribution is 2.47. The van der Waals surface area contributed by atoms with E-state index in [9.17, 15) is 2.74 Å². The molecular weight excluding hydrogens is 440 g/mol. The van der Waals surface area contributed by atoms with Gasteiger partial charge in [0.2, 0.25) is 0 Å². The maximum atomic E-state index is 9.23. The smallest absolute Gasteiger partial charge is 0.146 e. The van der Waals surface area contributed by atoms with Crippen LogP contribution in [0, 0.1) is 0 Å². The summed E-state index contributed by atoms with van der Waals surface area (Å²) in [6.07, 6.45) is -0.725. The fraction of sp³-hybridized carbons (Fsp3) is 0. The normalized spacial score (nSPS) is 19.3. The van der Waals surface area contributed by atoms with E-state index in [1.165, 1.54) is 6.07 Å². The van der Waals surface area contributed by atoms with Gasteiger partial charge in [-0.25, -0.2) is 0 Å². The maximum absolute atomic E-state index is 9.23. The molecule has 0 aliphatic rings. The molecule has 2 heteroatoms. The van der Waals surface area contributed by atoms with Crippen LogP contribution in [0.25, 0.3) is 76.7 Å². The lowest BCUT2D eigenvalue weighted by Gasteiger charge is -2.18. The lowest BCUT2D eigenvalue weighted by molar-refractivity contribution is 0.616. The zero-order chi connectivity index (χ0) is 40.2. The van der Waals surface area contributed by atoms with Crippen molar-refractivity contribution in [3.63, 3.8) is 0 Å².